The van der Waals surface area contributed by atoms with Gasteiger partial charge in [-0.15, -0.1) is 0 Å². The smallest absolute Gasteiger partial charge is 0.0431 e. The minimum Gasteiger partial charge on any atom is -0.396 e. The van der Waals surface area contributed by atoms with E-state index in [2.05, 4.69) is 6.92 Å². The molecule has 0 heterocycles. The van der Waals surface area contributed by atoms with Gasteiger partial charge < -0.3 is 5.11 Å². The second kappa shape index (κ2) is 7.96. The molecule has 0 aliphatic carbocycles. The first-order chi connectivity index (χ1) is 4.81. The van der Waals surface area contributed by atoms with E-state index in [1.54, 1.807) is 0 Å². The Balaban J connectivity index is 2.97. The third kappa shape index (κ3) is 7.96. The lowest BCUT2D eigenvalue weighted by Crippen LogP contribution is -1.82. The van der Waals surface area contributed by atoms with Gasteiger partial charge in [0.1, 0.15) is 0 Å². The van der Waals surface area contributed by atoms with E-state index in [9.17, 15) is 0 Å². The van der Waals surface area contributed by atoms with Crippen LogP contribution in [0.15, 0.2) is 0 Å². The van der Waals surface area contributed by atoms with Crippen molar-refractivity contribution in [3.05, 3.63) is 0 Å². The Morgan fingerprint density at radius 2 is 2.00 bits per heavy atom. The molecule has 0 aromatic heterocycles. The predicted molar refractivity (Wildman–Crippen MR) is 40.5 cm³/mol. The predicted octanol–water partition coefficient (Wildman–Crippen LogP) is 2.34. The standard InChI is InChI=1S/C8H18O/c1-2-3-4-5-6-7-8-9/h9H,2-8H2,1H3/i6D. The number of unbranched alkanes of at least 4 members (excludes halogenated alkanes) is 2. The average Bonchev–Trinajstić information content (AvgIpc) is 1.89. The first-order valence-corrected chi connectivity index (χ1v) is 3.84. The fourth-order valence-corrected chi connectivity index (χ4v) is 0.774. The molecule has 0 amide bonds. The summed E-state index contributed by atoms with van der Waals surface area (Å²) in [6.07, 6.45) is 5.15. The first-order valence-electron chi connectivity index (χ1n) is 4.42. The van der Waals surface area contributed by atoms with Crippen molar-refractivity contribution >= 4 is 0 Å². The molecule has 1 heteroatoms. The minimum atomic E-state index is -0.0310. The summed E-state index contributed by atoms with van der Waals surface area (Å²) in [7, 11) is 0. The van der Waals surface area contributed by atoms with Crippen LogP contribution in [0.4, 0.5) is 0 Å². The van der Waals surface area contributed by atoms with Crippen molar-refractivity contribution in [2.75, 3.05) is 6.61 Å². The average molecular weight is 131 g/mol. The molecule has 0 saturated heterocycles. The van der Waals surface area contributed by atoms with Crippen LogP contribution < -0.4 is 0 Å². The number of rotatable bonds is 6. The number of aliphatic hydroxyl groups excluding tert-OH is 1. The van der Waals surface area contributed by atoms with Crippen molar-refractivity contribution in [3.63, 3.8) is 0 Å². The minimum absolute atomic E-state index is 0.0310. The van der Waals surface area contributed by atoms with E-state index in [4.69, 9.17) is 6.48 Å². The topological polar surface area (TPSA) is 20.2 Å². The van der Waals surface area contributed by atoms with Gasteiger partial charge in [0.25, 0.3) is 0 Å². The molecule has 0 radical (unpaired) electrons. The van der Waals surface area contributed by atoms with Crippen LogP contribution in [-0.2, 0) is 0 Å². The van der Waals surface area contributed by atoms with E-state index in [1.807, 2.05) is 0 Å². The Morgan fingerprint density at radius 3 is 2.56 bits per heavy atom. The van der Waals surface area contributed by atoms with Gasteiger partial charge in [-0.25, -0.2) is 0 Å². The Labute approximate surface area is 59.5 Å². The first kappa shape index (κ1) is 7.07. The Bertz CT molecular complexity index is 66.3. The fraction of sp³-hybridized carbons (Fsp3) is 1.00. The molecule has 1 nitrogen and oxygen atoms in total. The van der Waals surface area contributed by atoms with Crippen LogP contribution >= 0.6 is 0 Å². The molecule has 1 N–H and O–H groups in total. The molecule has 0 aliphatic heterocycles. The summed E-state index contributed by atoms with van der Waals surface area (Å²) in [6.45, 7) is 2.32. The Hall–Kier alpha value is -0.0400. The zero-order valence-electron chi connectivity index (χ0n) is 7.27. The highest BCUT2D eigenvalue weighted by Gasteiger charge is 1.86. The van der Waals surface area contributed by atoms with E-state index >= 15 is 0 Å². The van der Waals surface area contributed by atoms with Gasteiger partial charge >= 0.3 is 0 Å². The monoisotopic (exact) mass is 131 g/mol. The summed E-state index contributed by atoms with van der Waals surface area (Å²) < 4.78 is 7.39. The molecular weight excluding hydrogens is 112 g/mol. The van der Waals surface area contributed by atoms with Crippen molar-refractivity contribution in [1.82, 2.24) is 0 Å². The normalized spacial score (nSPS) is 15.1. The van der Waals surface area contributed by atoms with Crippen LogP contribution in [0.25, 0.3) is 0 Å². The van der Waals surface area contributed by atoms with Crippen LogP contribution in [0.3, 0.4) is 0 Å². The molecule has 0 aromatic rings. The van der Waals surface area contributed by atoms with E-state index in [0.717, 1.165) is 12.8 Å². The maximum Gasteiger partial charge on any atom is 0.0431 e. The molecule has 0 saturated carbocycles. The van der Waals surface area contributed by atoms with Crippen LogP contribution in [0.1, 0.15) is 46.8 Å². The van der Waals surface area contributed by atoms with E-state index in [-0.39, 0.29) is 13.0 Å². The summed E-state index contributed by atoms with van der Waals surface area (Å²) in [4.78, 5) is 0. The second-order valence-electron chi connectivity index (χ2n) is 2.30. The van der Waals surface area contributed by atoms with Crippen LogP contribution in [0.5, 0.6) is 0 Å². The van der Waals surface area contributed by atoms with Crippen molar-refractivity contribution < 1.29 is 6.48 Å². The molecule has 0 aromatic carbocycles. The van der Waals surface area contributed by atoms with Gasteiger partial charge in [-0.1, -0.05) is 39.0 Å². The summed E-state index contributed by atoms with van der Waals surface area (Å²) >= 11 is 0. The molecule has 0 fully saturated rings. The molecular formula is C8H18O. The SMILES string of the molecule is [2H]C(CCO)CCCCC. The fourth-order valence-electron chi connectivity index (χ4n) is 0.774. The summed E-state index contributed by atoms with van der Waals surface area (Å²) in [5.41, 5.74) is 0. The van der Waals surface area contributed by atoms with Crippen molar-refractivity contribution in [3.8, 4) is 0 Å². The van der Waals surface area contributed by atoms with Gasteiger partial charge in [-0.2, -0.15) is 0 Å². The van der Waals surface area contributed by atoms with E-state index in [1.165, 1.54) is 12.8 Å². The van der Waals surface area contributed by atoms with Crippen LogP contribution in [0, 0.1) is 0 Å². The quantitative estimate of drug-likeness (QED) is 0.548. The molecule has 9 heavy (non-hydrogen) atoms. The van der Waals surface area contributed by atoms with Gasteiger partial charge in [0.15, 0.2) is 0 Å². The third-order valence-corrected chi connectivity index (χ3v) is 1.35. The van der Waals surface area contributed by atoms with Gasteiger partial charge in [0, 0.05) is 7.98 Å². The Morgan fingerprint density at radius 1 is 1.22 bits per heavy atom. The number of aliphatic hydroxyl groups is 1. The zero-order chi connectivity index (χ0) is 7.82. The highest BCUT2D eigenvalue weighted by molar-refractivity contribution is 4.41. The van der Waals surface area contributed by atoms with Crippen molar-refractivity contribution in [2.24, 2.45) is 0 Å². The number of hydrogen-bond acceptors (Lipinski definition) is 1. The molecule has 1 atom stereocenters. The van der Waals surface area contributed by atoms with Gasteiger partial charge in [-0.05, 0) is 6.42 Å². The lowest BCUT2D eigenvalue weighted by molar-refractivity contribution is 0.282. The summed E-state index contributed by atoms with van der Waals surface area (Å²) in [6, 6.07) is 0. The lowest BCUT2D eigenvalue weighted by atomic mass is 10.1. The number of hydrogen-bond donors (Lipinski definition) is 1. The van der Waals surface area contributed by atoms with Gasteiger partial charge in [0.05, 0.1) is 0 Å². The van der Waals surface area contributed by atoms with E-state index < -0.39 is 0 Å². The summed E-state index contributed by atoms with van der Waals surface area (Å²) in [5, 5.41) is 8.47. The maximum absolute atomic E-state index is 8.47. The lowest BCUT2D eigenvalue weighted by Gasteiger charge is -1.95. The van der Waals surface area contributed by atoms with Crippen molar-refractivity contribution in [1.29, 1.82) is 0 Å². The third-order valence-electron chi connectivity index (χ3n) is 1.35. The van der Waals surface area contributed by atoms with Crippen LogP contribution in [-0.4, -0.2) is 11.7 Å². The Kier molecular flexibility index (Phi) is 6.25. The molecule has 0 bridgehead atoms. The highest BCUT2D eigenvalue weighted by atomic mass is 16.2. The molecule has 0 aliphatic rings. The molecule has 1 unspecified atom stereocenters. The van der Waals surface area contributed by atoms with Crippen molar-refractivity contribution in [2.45, 2.75) is 45.4 Å². The maximum atomic E-state index is 8.47. The van der Waals surface area contributed by atoms with Crippen LogP contribution in [0.2, 0.25) is 0 Å². The zero-order valence-corrected chi connectivity index (χ0v) is 6.27. The summed E-state index contributed by atoms with van der Waals surface area (Å²) in [5.74, 6) is 0. The van der Waals surface area contributed by atoms with Gasteiger partial charge in [-0.3, -0.25) is 0 Å². The van der Waals surface area contributed by atoms with Gasteiger partial charge in [0.2, 0.25) is 0 Å². The largest absolute Gasteiger partial charge is 0.396 e. The second-order valence-corrected chi connectivity index (χ2v) is 2.30. The molecule has 0 rings (SSSR count). The highest BCUT2D eigenvalue weighted by Crippen LogP contribution is 2.03. The molecule has 0 spiro atoms. The van der Waals surface area contributed by atoms with E-state index in [0.29, 0.717) is 6.42 Å². The molecule has 56 valence electrons.